The predicted molar refractivity (Wildman–Crippen MR) is 60.9 cm³/mol. The topological polar surface area (TPSA) is 106 Å². The summed E-state index contributed by atoms with van der Waals surface area (Å²) in [7, 11) is 0. The molecule has 18 heavy (non-hydrogen) atoms. The Bertz CT molecular complexity index is 507. The molecule has 0 aliphatic heterocycles. The molecule has 8 heteroatoms. The molecule has 0 saturated carbocycles. The lowest BCUT2D eigenvalue weighted by molar-refractivity contribution is 0.0519. The van der Waals surface area contributed by atoms with Crippen LogP contribution in [-0.4, -0.2) is 32.7 Å². The molecule has 0 radical (unpaired) electrons. The Morgan fingerprint density at radius 1 is 1.67 bits per heavy atom. The fourth-order valence-corrected chi connectivity index (χ4v) is 1.32. The van der Waals surface area contributed by atoms with E-state index in [1.54, 1.807) is 6.92 Å². The number of H-pyrrole nitrogens is 1. The van der Waals surface area contributed by atoms with E-state index in [4.69, 9.17) is 9.15 Å². The maximum atomic E-state index is 11.4. The number of hydrogen-bond acceptors (Lipinski definition) is 7. The second-order valence-corrected chi connectivity index (χ2v) is 3.50. The standard InChI is InChI=1S/C10H13N5O3/c1-3-17-9(16)7-4-18-10(14-7)13-6(2)8-11-5-12-15-8/h4-6H,3H2,1-2H3,(H,13,14)(H,11,12,15). The van der Waals surface area contributed by atoms with Gasteiger partial charge in [0, 0.05) is 0 Å². The molecule has 2 aromatic rings. The van der Waals surface area contributed by atoms with E-state index in [1.165, 1.54) is 12.6 Å². The van der Waals surface area contributed by atoms with E-state index < -0.39 is 5.97 Å². The van der Waals surface area contributed by atoms with Crippen LogP contribution in [0.5, 0.6) is 0 Å². The van der Waals surface area contributed by atoms with Crippen molar-refractivity contribution in [1.82, 2.24) is 20.2 Å². The largest absolute Gasteiger partial charge is 0.461 e. The van der Waals surface area contributed by atoms with Crippen LogP contribution >= 0.6 is 0 Å². The molecule has 8 nitrogen and oxygen atoms in total. The van der Waals surface area contributed by atoms with Crippen molar-refractivity contribution in [2.24, 2.45) is 0 Å². The van der Waals surface area contributed by atoms with E-state index in [1.807, 2.05) is 6.92 Å². The number of oxazole rings is 1. The molecule has 0 aliphatic carbocycles. The molecule has 0 spiro atoms. The molecule has 0 bridgehead atoms. The van der Waals surface area contributed by atoms with Crippen LogP contribution in [0.25, 0.3) is 0 Å². The van der Waals surface area contributed by atoms with Crippen molar-refractivity contribution in [3.63, 3.8) is 0 Å². The van der Waals surface area contributed by atoms with Crippen molar-refractivity contribution in [3.05, 3.63) is 24.1 Å². The summed E-state index contributed by atoms with van der Waals surface area (Å²) in [5.41, 5.74) is 0.129. The molecular weight excluding hydrogens is 238 g/mol. The fourth-order valence-electron chi connectivity index (χ4n) is 1.32. The van der Waals surface area contributed by atoms with Gasteiger partial charge in [-0.25, -0.2) is 9.78 Å². The average molecular weight is 251 g/mol. The van der Waals surface area contributed by atoms with Crippen molar-refractivity contribution in [1.29, 1.82) is 0 Å². The first kappa shape index (κ1) is 12.1. The molecule has 1 atom stereocenters. The first-order valence-electron chi connectivity index (χ1n) is 5.45. The van der Waals surface area contributed by atoms with Gasteiger partial charge in [-0.15, -0.1) is 0 Å². The van der Waals surface area contributed by atoms with Gasteiger partial charge in [0.1, 0.15) is 18.4 Å². The summed E-state index contributed by atoms with van der Waals surface area (Å²) < 4.78 is 9.92. The Morgan fingerprint density at radius 2 is 2.50 bits per heavy atom. The Kier molecular flexibility index (Phi) is 3.56. The molecule has 0 fully saturated rings. The predicted octanol–water partition coefficient (Wildman–Crippen LogP) is 1.14. The Labute approximate surface area is 103 Å². The number of ether oxygens (including phenoxy) is 1. The van der Waals surface area contributed by atoms with E-state index in [9.17, 15) is 4.79 Å². The molecule has 2 heterocycles. The number of anilines is 1. The van der Waals surface area contributed by atoms with Crippen molar-refractivity contribution in [3.8, 4) is 0 Å². The zero-order valence-electron chi connectivity index (χ0n) is 10.0. The van der Waals surface area contributed by atoms with Crippen molar-refractivity contribution in [2.45, 2.75) is 19.9 Å². The highest BCUT2D eigenvalue weighted by Crippen LogP contribution is 2.15. The van der Waals surface area contributed by atoms with Crippen LogP contribution in [-0.2, 0) is 4.74 Å². The second kappa shape index (κ2) is 5.30. The summed E-state index contributed by atoms with van der Waals surface area (Å²) in [5.74, 6) is 0.132. The lowest BCUT2D eigenvalue weighted by Crippen LogP contribution is -2.09. The van der Waals surface area contributed by atoms with Gasteiger partial charge >= 0.3 is 5.97 Å². The van der Waals surface area contributed by atoms with Gasteiger partial charge in [-0.1, -0.05) is 0 Å². The Hall–Kier alpha value is -2.38. The molecule has 1 unspecified atom stereocenters. The smallest absolute Gasteiger partial charge is 0.360 e. The number of aromatic amines is 1. The lowest BCUT2D eigenvalue weighted by atomic mass is 10.3. The molecule has 0 aromatic carbocycles. The number of hydrogen-bond donors (Lipinski definition) is 2. The zero-order chi connectivity index (χ0) is 13.0. The van der Waals surface area contributed by atoms with Crippen molar-refractivity contribution >= 4 is 12.0 Å². The number of nitrogens with one attached hydrogen (secondary N) is 2. The van der Waals surface area contributed by atoms with Crippen LogP contribution in [0, 0.1) is 0 Å². The van der Waals surface area contributed by atoms with Crippen LogP contribution in [0.15, 0.2) is 17.0 Å². The Balaban J connectivity index is 2.00. The van der Waals surface area contributed by atoms with E-state index >= 15 is 0 Å². The molecule has 96 valence electrons. The Morgan fingerprint density at radius 3 is 3.17 bits per heavy atom. The van der Waals surface area contributed by atoms with Gasteiger partial charge in [-0.2, -0.15) is 10.1 Å². The highest BCUT2D eigenvalue weighted by atomic mass is 16.5. The third-order valence-corrected chi connectivity index (χ3v) is 2.17. The number of carbonyl (C=O) groups excluding carboxylic acids is 1. The quantitative estimate of drug-likeness (QED) is 0.767. The molecule has 2 rings (SSSR count). The summed E-state index contributed by atoms with van der Waals surface area (Å²) in [6, 6.07) is 0.0585. The number of carbonyl (C=O) groups is 1. The number of esters is 1. The van der Waals surface area contributed by atoms with Gasteiger partial charge in [-0.05, 0) is 13.8 Å². The summed E-state index contributed by atoms with van der Waals surface area (Å²) in [6.07, 6.45) is 2.65. The second-order valence-electron chi connectivity index (χ2n) is 3.50. The van der Waals surface area contributed by atoms with E-state index in [0.717, 1.165) is 0 Å². The minimum absolute atomic E-state index is 0.129. The number of nitrogens with zero attached hydrogens (tertiary/aromatic N) is 3. The third-order valence-electron chi connectivity index (χ3n) is 2.17. The van der Waals surface area contributed by atoms with Crippen LogP contribution in [0.2, 0.25) is 0 Å². The van der Waals surface area contributed by atoms with Gasteiger partial charge in [0.2, 0.25) is 0 Å². The normalized spacial score (nSPS) is 12.1. The summed E-state index contributed by atoms with van der Waals surface area (Å²) in [6.45, 7) is 3.88. The molecular formula is C10H13N5O3. The summed E-state index contributed by atoms with van der Waals surface area (Å²) in [5, 5.41) is 9.41. The maximum Gasteiger partial charge on any atom is 0.360 e. The van der Waals surface area contributed by atoms with Crippen molar-refractivity contribution in [2.75, 3.05) is 11.9 Å². The molecule has 2 aromatic heterocycles. The van der Waals surface area contributed by atoms with Gasteiger partial charge in [-0.3, -0.25) is 5.10 Å². The number of aromatic nitrogens is 4. The summed E-state index contributed by atoms with van der Waals surface area (Å²) >= 11 is 0. The molecule has 2 N–H and O–H groups in total. The van der Waals surface area contributed by atoms with E-state index in [-0.39, 0.29) is 17.8 Å². The van der Waals surface area contributed by atoms with Crippen molar-refractivity contribution < 1.29 is 13.9 Å². The van der Waals surface area contributed by atoms with Crippen LogP contribution in [0.3, 0.4) is 0 Å². The van der Waals surface area contributed by atoms with Gasteiger partial charge < -0.3 is 14.5 Å². The third kappa shape index (κ3) is 2.65. The van der Waals surface area contributed by atoms with Gasteiger partial charge in [0.15, 0.2) is 5.69 Å². The number of rotatable bonds is 5. The SMILES string of the molecule is CCOC(=O)c1coc(NC(C)c2ncn[nH]2)n1. The zero-order valence-corrected chi connectivity index (χ0v) is 10.0. The lowest BCUT2D eigenvalue weighted by Gasteiger charge is -2.07. The maximum absolute atomic E-state index is 11.4. The fraction of sp³-hybridized carbons (Fsp3) is 0.400. The molecule has 0 saturated heterocycles. The minimum atomic E-state index is -0.512. The van der Waals surface area contributed by atoms with E-state index in [2.05, 4.69) is 25.5 Å². The molecule has 0 aliphatic rings. The van der Waals surface area contributed by atoms with Crippen LogP contribution in [0.1, 0.15) is 36.2 Å². The monoisotopic (exact) mass is 251 g/mol. The average Bonchev–Trinajstić information content (AvgIpc) is 2.99. The first-order chi connectivity index (χ1) is 8.70. The van der Waals surface area contributed by atoms with Crippen LogP contribution in [0.4, 0.5) is 6.01 Å². The highest BCUT2D eigenvalue weighted by Gasteiger charge is 2.15. The summed E-state index contributed by atoms with van der Waals surface area (Å²) in [4.78, 5) is 19.3. The van der Waals surface area contributed by atoms with Crippen LogP contribution < -0.4 is 5.32 Å². The van der Waals surface area contributed by atoms with Gasteiger partial charge in [0.05, 0.1) is 12.6 Å². The minimum Gasteiger partial charge on any atom is -0.461 e. The van der Waals surface area contributed by atoms with E-state index in [0.29, 0.717) is 12.4 Å². The highest BCUT2D eigenvalue weighted by molar-refractivity contribution is 5.87. The first-order valence-corrected chi connectivity index (χ1v) is 5.45. The molecule has 0 amide bonds. The van der Waals surface area contributed by atoms with Gasteiger partial charge in [0.25, 0.3) is 6.01 Å².